The number of aromatic nitrogens is 2. The van der Waals surface area contributed by atoms with Crippen LogP contribution in [-0.4, -0.2) is 42.2 Å². The number of hydrogen-bond donors (Lipinski definition) is 1. The quantitative estimate of drug-likeness (QED) is 0.890. The molecule has 2 aromatic rings. The lowest BCUT2D eigenvalue weighted by Crippen LogP contribution is -2.31. The van der Waals surface area contributed by atoms with Gasteiger partial charge in [-0.15, -0.1) is 0 Å². The van der Waals surface area contributed by atoms with Crippen molar-refractivity contribution in [3.8, 4) is 11.5 Å². The molecule has 1 atom stereocenters. The molecule has 2 aliphatic rings. The van der Waals surface area contributed by atoms with Crippen LogP contribution in [0.2, 0.25) is 0 Å². The standard InChI is InChI=1S/C20H26N4O2/c1-25-16-5-6-19(26-2)14(10-16)12-24-9-7-17-15(13-24)11-22-20(23-17)18-4-3-8-21-18/h5-6,10-11,18,21H,3-4,7-9,12-13H2,1-2H3/t18-/m1/s1. The third-order valence-electron chi connectivity index (χ3n) is 5.29. The van der Waals surface area contributed by atoms with E-state index in [0.29, 0.717) is 6.04 Å². The molecular weight excluding hydrogens is 328 g/mol. The lowest BCUT2D eigenvalue weighted by molar-refractivity contribution is 0.238. The summed E-state index contributed by atoms with van der Waals surface area (Å²) in [5.74, 6) is 2.72. The zero-order valence-electron chi connectivity index (χ0n) is 15.5. The van der Waals surface area contributed by atoms with Gasteiger partial charge in [-0.25, -0.2) is 9.97 Å². The summed E-state index contributed by atoms with van der Waals surface area (Å²) in [5.41, 5.74) is 3.58. The van der Waals surface area contributed by atoms with Crippen molar-refractivity contribution in [1.29, 1.82) is 0 Å². The molecule has 0 bridgehead atoms. The summed E-state index contributed by atoms with van der Waals surface area (Å²) in [5, 5.41) is 3.48. The Balaban J connectivity index is 1.48. The van der Waals surface area contributed by atoms with Crippen LogP contribution in [0.15, 0.2) is 24.4 Å². The molecule has 1 saturated heterocycles. The molecule has 6 nitrogen and oxygen atoms in total. The predicted molar refractivity (Wildman–Crippen MR) is 99.4 cm³/mol. The smallest absolute Gasteiger partial charge is 0.145 e. The number of fused-ring (bicyclic) bond motifs is 1. The topological polar surface area (TPSA) is 59.5 Å². The highest BCUT2D eigenvalue weighted by molar-refractivity contribution is 5.40. The minimum atomic E-state index is 0.333. The summed E-state index contributed by atoms with van der Waals surface area (Å²) in [6.07, 6.45) is 5.33. The summed E-state index contributed by atoms with van der Waals surface area (Å²) in [6, 6.07) is 6.29. The van der Waals surface area contributed by atoms with Gasteiger partial charge in [-0.05, 0) is 37.6 Å². The maximum atomic E-state index is 5.51. The highest BCUT2D eigenvalue weighted by Gasteiger charge is 2.23. The Morgan fingerprint density at radius 2 is 2.19 bits per heavy atom. The van der Waals surface area contributed by atoms with E-state index in [1.54, 1.807) is 14.2 Å². The van der Waals surface area contributed by atoms with Crippen LogP contribution in [0.1, 0.15) is 41.5 Å². The lowest BCUT2D eigenvalue weighted by Gasteiger charge is -2.29. The summed E-state index contributed by atoms with van der Waals surface area (Å²) in [6.45, 7) is 3.75. The van der Waals surface area contributed by atoms with Crippen molar-refractivity contribution < 1.29 is 9.47 Å². The number of hydrogen-bond acceptors (Lipinski definition) is 6. The molecule has 1 aromatic heterocycles. The first kappa shape index (κ1) is 17.2. The van der Waals surface area contributed by atoms with E-state index in [1.165, 1.54) is 17.7 Å². The van der Waals surface area contributed by atoms with Crippen molar-refractivity contribution in [3.05, 3.63) is 47.0 Å². The van der Waals surface area contributed by atoms with E-state index in [-0.39, 0.29) is 0 Å². The van der Waals surface area contributed by atoms with E-state index in [1.807, 2.05) is 18.3 Å². The first-order chi connectivity index (χ1) is 12.8. The van der Waals surface area contributed by atoms with Crippen molar-refractivity contribution in [2.24, 2.45) is 0 Å². The van der Waals surface area contributed by atoms with Crippen LogP contribution in [0.4, 0.5) is 0 Å². The van der Waals surface area contributed by atoms with Gasteiger partial charge in [0.05, 0.1) is 20.3 Å². The second kappa shape index (κ2) is 7.60. The van der Waals surface area contributed by atoms with Gasteiger partial charge in [-0.3, -0.25) is 4.90 Å². The summed E-state index contributed by atoms with van der Waals surface area (Å²) >= 11 is 0. The number of methoxy groups -OCH3 is 2. The van der Waals surface area contributed by atoms with E-state index in [9.17, 15) is 0 Å². The highest BCUT2D eigenvalue weighted by atomic mass is 16.5. The van der Waals surface area contributed by atoms with Crippen LogP contribution < -0.4 is 14.8 Å². The van der Waals surface area contributed by atoms with Crippen molar-refractivity contribution in [3.63, 3.8) is 0 Å². The molecule has 138 valence electrons. The van der Waals surface area contributed by atoms with Crippen LogP contribution in [0.5, 0.6) is 11.5 Å². The van der Waals surface area contributed by atoms with E-state index in [0.717, 1.165) is 61.9 Å². The van der Waals surface area contributed by atoms with Gasteiger partial charge in [-0.1, -0.05) is 0 Å². The first-order valence-corrected chi connectivity index (χ1v) is 9.28. The Bertz CT molecular complexity index is 774. The molecule has 1 aromatic carbocycles. The Hall–Kier alpha value is -2.18. The highest BCUT2D eigenvalue weighted by Crippen LogP contribution is 2.28. The van der Waals surface area contributed by atoms with Gasteiger partial charge in [0.1, 0.15) is 17.3 Å². The number of ether oxygens (including phenoxy) is 2. The second-order valence-electron chi connectivity index (χ2n) is 6.99. The van der Waals surface area contributed by atoms with Gasteiger partial charge in [-0.2, -0.15) is 0 Å². The lowest BCUT2D eigenvalue weighted by atomic mass is 10.1. The van der Waals surface area contributed by atoms with Crippen molar-refractivity contribution >= 4 is 0 Å². The zero-order valence-corrected chi connectivity index (χ0v) is 15.5. The van der Waals surface area contributed by atoms with Gasteiger partial charge in [0.15, 0.2) is 0 Å². The third-order valence-corrected chi connectivity index (χ3v) is 5.29. The molecule has 1 fully saturated rings. The largest absolute Gasteiger partial charge is 0.497 e. The van der Waals surface area contributed by atoms with E-state index >= 15 is 0 Å². The molecule has 2 aliphatic heterocycles. The molecule has 4 rings (SSSR count). The summed E-state index contributed by atoms with van der Waals surface area (Å²) < 4.78 is 10.9. The molecule has 6 heteroatoms. The SMILES string of the molecule is COc1ccc(OC)c(CN2CCc3nc([C@H]4CCCN4)ncc3C2)c1. The zero-order chi connectivity index (χ0) is 17.9. The maximum absolute atomic E-state index is 5.51. The second-order valence-corrected chi connectivity index (χ2v) is 6.99. The molecule has 1 N–H and O–H groups in total. The maximum Gasteiger partial charge on any atom is 0.145 e. The molecular formula is C20H26N4O2. The van der Waals surface area contributed by atoms with Gasteiger partial charge in [0.2, 0.25) is 0 Å². The first-order valence-electron chi connectivity index (χ1n) is 9.28. The van der Waals surface area contributed by atoms with Crippen molar-refractivity contribution in [2.45, 2.75) is 38.4 Å². The number of rotatable bonds is 5. The number of benzene rings is 1. The Kier molecular flexibility index (Phi) is 5.04. The molecule has 0 unspecified atom stereocenters. The fraction of sp³-hybridized carbons (Fsp3) is 0.500. The Morgan fingerprint density at radius 1 is 1.27 bits per heavy atom. The summed E-state index contributed by atoms with van der Waals surface area (Å²) in [7, 11) is 3.40. The molecule has 3 heterocycles. The monoisotopic (exact) mass is 354 g/mol. The molecule has 0 aliphatic carbocycles. The average molecular weight is 354 g/mol. The van der Waals surface area contributed by atoms with Gasteiger partial charge < -0.3 is 14.8 Å². The van der Waals surface area contributed by atoms with Gasteiger partial charge in [0.25, 0.3) is 0 Å². The number of nitrogens with zero attached hydrogens (tertiary/aromatic N) is 3. The van der Waals surface area contributed by atoms with Crippen LogP contribution in [-0.2, 0) is 19.5 Å². The minimum Gasteiger partial charge on any atom is -0.497 e. The van der Waals surface area contributed by atoms with E-state index < -0.39 is 0 Å². The average Bonchev–Trinajstić information content (AvgIpc) is 3.22. The normalized spacial score (nSPS) is 20.0. The van der Waals surface area contributed by atoms with Gasteiger partial charge in [0, 0.05) is 49.1 Å². The predicted octanol–water partition coefficient (Wildman–Crippen LogP) is 2.48. The van der Waals surface area contributed by atoms with Crippen molar-refractivity contribution in [2.75, 3.05) is 27.3 Å². The van der Waals surface area contributed by atoms with Crippen molar-refractivity contribution in [1.82, 2.24) is 20.2 Å². The van der Waals surface area contributed by atoms with Crippen LogP contribution in [0.3, 0.4) is 0 Å². The Morgan fingerprint density at radius 3 is 2.96 bits per heavy atom. The fourth-order valence-electron chi connectivity index (χ4n) is 3.84. The molecule has 0 saturated carbocycles. The molecule has 0 amide bonds. The summed E-state index contributed by atoms with van der Waals surface area (Å²) in [4.78, 5) is 11.9. The molecule has 26 heavy (non-hydrogen) atoms. The molecule has 0 spiro atoms. The van der Waals surface area contributed by atoms with E-state index in [2.05, 4.69) is 21.3 Å². The minimum absolute atomic E-state index is 0.333. The fourth-order valence-corrected chi connectivity index (χ4v) is 3.84. The molecule has 0 radical (unpaired) electrons. The number of nitrogens with one attached hydrogen (secondary N) is 1. The van der Waals surface area contributed by atoms with Crippen LogP contribution in [0, 0.1) is 0 Å². The third kappa shape index (κ3) is 3.52. The van der Waals surface area contributed by atoms with E-state index in [4.69, 9.17) is 14.5 Å². The Labute approximate surface area is 154 Å². The van der Waals surface area contributed by atoms with Crippen LogP contribution >= 0.6 is 0 Å². The van der Waals surface area contributed by atoms with Gasteiger partial charge >= 0.3 is 0 Å². The van der Waals surface area contributed by atoms with Crippen LogP contribution in [0.25, 0.3) is 0 Å².